The van der Waals surface area contributed by atoms with Gasteiger partial charge in [-0.15, -0.1) is 0 Å². The Balaban J connectivity index is 2.09. The fraction of sp³-hybridized carbons (Fsp3) is 0.538. The van der Waals surface area contributed by atoms with Crippen molar-refractivity contribution in [2.24, 2.45) is 4.99 Å². The number of rotatable bonds is 1. The van der Waals surface area contributed by atoms with Gasteiger partial charge in [0.05, 0.1) is 12.6 Å². The second-order valence-electron chi connectivity index (χ2n) is 5.23. The maximum Gasteiger partial charge on any atom is 0.354 e. The van der Waals surface area contributed by atoms with E-state index in [1.165, 1.54) is 0 Å². The Morgan fingerprint density at radius 3 is 3.00 bits per heavy atom. The van der Waals surface area contributed by atoms with Crippen LogP contribution < -0.4 is 5.32 Å². The van der Waals surface area contributed by atoms with Gasteiger partial charge in [-0.25, -0.2) is 4.79 Å². The predicted molar refractivity (Wildman–Crippen MR) is 66.9 cm³/mol. The zero-order valence-electron chi connectivity index (χ0n) is 10.5. The van der Waals surface area contributed by atoms with E-state index >= 15 is 0 Å². The van der Waals surface area contributed by atoms with Crippen LogP contribution in [-0.2, 0) is 9.53 Å². The zero-order valence-corrected chi connectivity index (χ0v) is 10.5. The first-order valence-electron chi connectivity index (χ1n) is 5.86. The van der Waals surface area contributed by atoms with E-state index in [4.69, 9.17) is 4.74 Å². The van der Waals surface area contributed by atoms with Crippen LogP contribution in [0, 0.1) is 0 Å². The van der Waals surface area contributed by atoms with Crippen LogP contribution in [0.2, 0.25) is 0 Å². The molecule has 0 unspecified atom stereocenters. The molecule has 1 N–H and O–H groups in total. The van der Waals surface area contributed by atoms with E-state index in [1.807, 2.05) is 32.9 Å². The first-order chi connectivity index (χ1) is 7.96. The molecular formula is C13H18N2O2. The summed E-state index contributed by atoms with van der Waals surface area (Å²) in [6, 6.07) is 0.0521. The first kappa shape index (κ1) is 11.9. The summed E-state index contributed by atoms with van der Waals surface area (Å²) >= 11 is 0. The highest BCUT2D eigenvalue weighted by molar-refractivity contribution is 6.37. The van der Waals surface area contributed by atoms with Crippen LogP contribution in [0.15, 0.2) is 28.9 Å². The molecule has 0 bridgehead atoms. The van der Waals surface area contributed by atoms with Crippen molar-refractivity contribution in [2.75, 3.05) is 6.54 Å². The molecule has 4 nitrogen and oxygen atoms in total. The maximum absolute atomic E-state index is 11.9. The molecule has 2 aliphatic rings. The van der Waals surface area contributed by atoms with Gasteiger partial charge in [-0.3, -0.25) is 4.99 Å². The number of aliphatic imine (C=N–C) groups is 1. The third-order valence-corrected chi connectivity index (χ3v) is 2.54. The lowest BCUT2D eigenvalue weighted by atomic mass is 10.0. The van der Waals surface area contributed by atoms with E-state index in [0.29, 0.717) is 12.3 Å². The molecule has 4 heteroatoms. The second-order valence-corrected chi connectivity index (χ2v) is 5.23. The predicted octanol–water partition coefficient (Wildman–Crippen LogP) is 1.58. The van der Waals surface area contributed by atoms with Crippen molar-refractivity contribution in [3.63, 3.8) is 0 Å². The Labute approximate surface area is 101 Å². The van der Waals surface area contributed by atoms with Crippen molar-refractivity contribution in [1.29, 1.82) is 0 Å². The number of hydrogen-bond acceptors (Lipinski definition) is 4. The van der Waals surface area contributed by atoms with Gasteiger partial charge in [-0.1, -0.05) is 12.2 Å². The average Bonchev–Trinajstić information content (AvgIpc) is 2.26. The third-order valence-electron chi connectivity index (χ3n) is 2.54. The molecule has 0 aromatic carbocycles. The number of nitrogens with zero attached hydrogens (tertiary/aromatic N) is 1. The molecule has 17 heavy (non-hydrogen) atoms. The van der Waals surface area contributed by atoms with Gasteiger partial charge in [0.1, 0.15) is 11.3 Å². The van der Waals surface area contributed by atoms with Crippen molar-refractivity contribution < 1.29 is 9.53 Å². The molecule has 0 aromatic heterocycles. The van der Waals surface area contributed by atoms with Gasteiger partial charge < -0.3 is 10.1 Å². The van der Waals surface area contributed by atoms with Crippen molar-refractivity contribution in [1.82, 2.24) is 5.32 Å². The lowest BCUT2D eigenvalue weighted by molar-refractivity contribution is -0.146. The minimum atomic E-state index is -0.470. The number of carbonyl (C=O) groups excluding carboxylic acids is 1. The number of allylic oxidation sites excluding steroid dienone is 2. The van der Waals surface area contributed by atoms with Gasteiger partial charge in [0.25, 0.3) is 0 Å². The molecule has 1 atom stereocenters. The van der Waals surface area contributed by atoms with Crippen LogP contribution in [0.1, 0.15) is 27.2 Å². The number of fused-ring (bicyclic) bond motifs is 1. The van der Waals surface area contributed by atoms with Crippen LogP contribution in [0.4, 0.5) is 0 Å². The highest BCUT2D eigenvalue weighted by Gasteiger charge is 2.27. The summed E-state index contributed by atoms with van der Waals surface area (Å²) in [5.74, 6) is -0.321. The highest BCUT2D eigenvalue weighted by atomic mass is 16.6. The van der Waals surface area contributed by atoms with Crippen molar-refractivity contribution >= 4 is 11.7 Å². The molecule has 1 heterocycles. The Morgan fingerprint density at radius 2 is 2.29 bits per heavy atom. The number of carbonyl (C=O) groups is 1. The Kier molecular flexibility index (Phi) is 3.05. The molecule has 0 amide bonds. The van der Waals surface area contributed by atoms with E-state index in [-0.39, 0.29) is 12.0 Å². The lowest BCUT2D eigenvalue weighted by Crippen LogP contribution is -2.41. The van der Waals surface area contributed by atoms with Gasteiger partial charge >= 0.3 is 5.97 Å². The molecule has 0 aromatic rings. The standard InChI is InChI=1S/C13H18N2O2/c1-13(2,3)17-12(16)11-8-14-9-6-4-5-7-10(9)15-11/h4-6,10,14H,7-8H2,1-3H3/t10-/m0/s1. The van der Waals surface area contributed by atoms with Crippen molar-refractivity contribution in [3.05, 3.63) is 23.9 Å². The molecular weight excluding hydrogens is 216 g/mol. The molecule has 0 fully saturated rings. The number of nitrogens with one attached hydrogen (secondary N) is 1. The molecule has 1 aliphatic heterocycles. The van der Waals surface area contributed by atoms with Crippen LogP contribution >= 0.6 is 0 Å². The van der Waals surface area contributed by atoms with E-state index in [2.05, 4.69) is 16.4 Å². The summed E-state index contributed by atoms with van der Waals surface area (Å²) in [7, 11) is 0. The van der Waals surface area contributed by atoms with Crippen LogP contribution in [0.3, 0.4) is 0 Å². The largest absolute Gasteiger partial charge is 0.455 e. The van der Waals surface area contributed by atoms with Crippen molar-refractivity contribution in [2.45, 2.75) is 38.8 Å². The van der Waals surface area contributed by atoms with Gasteiger partial charge in [-0.05, 0) is 33.3 Å². The maximum atomic E-state index is 11.9. The summed E-state index contributed by atoms with van der Waals surface area (Å²) in [4.78, 5) is 16.3. The van der Waals surface area contributed by atoms with Gasteiger partial charge in [0.2, 0.25) is 0 Å². The van der Waals surface area contributed by atoms with Crippen LogP contribution in [0.5, 0.6) is 0 Å². The zero-order chi connectivity index (χ0) is 12.5. The lowest BCUT2D eigenvalue weighted by Gasteiger charge is -2.27. The monoisotopic (exact) mass is 234 g/mol. The second kappa shape index (κ2) is 4.35. The Morgan fingerprint density at radius 1 is 1.53 bits per heavy atom. The molecule has 2 rings (SSSR count). The fourth-order valence-electron chi connectivity index (χ4n) is 1.80. The molecule has 0 saturated carbocycles. The van der Waals surface area contributed by atoms with Gasteiger partial charge in [-0.2, -0.15) is 0 Å². The van der Waals surface area contributed by atoms with Crippen LogP contribution in [-0.4, -0.2) is 29.9 Å². The summed E-state index contributed by atoms with van der Waals surface area (Å²) in [5, 5.41) is 3.22. The molecule has 92 valence electrons. The van der Waals surface area contributed by atoms with E-state index in [0.717, 1.165) is 12.1 Å². The molecule has 0 radical (unpaired) electrons. The summed E-state index contributed by atoms with van der Waals surface area (Å²) in [6.45, 7) is 6.02. The minimum absolute atomic E-state index is 0.0521. The quantitative estimate of drug-likeness (QED) is 0.701. The summed E-state index contributed by atoms with van der Waals surface area (Å²) < 4.78 is 5.31. The SMILES string of the molecule is CC(C)(C)OC(=O)C1=N[C@H]2CC=CC=C2NC1. The molecule has 1 aliphatic carbocycles. The summed E-state index contributed by atoms with van der Waals surface area (Å²) in [5.41, 5.74) is 1.10. The van der Waals surface area contributed by atoms with E-state index in [9.17, 15) is 4.79 Å². The topological polar surface area (TPSA) is 50.7 Å². The minimum Gasteiger partial charge on any atom is -0.455 e. The third kappa shape index (κ3) is 2.96. The van der Waals surface area contributed by atoms with Gasteiger partial charge in [0, 0.05) is 5.70 Å². The molecule has 0 spiro atoms. The van der Waals surface area contributed by atoms with Crippen molar-refractivity contribution in [3.8, 4) is 0 Å². The van der Waals surface area contributed by atoms with Gasteiger partial charge in [0.15, 0.2) is 0 Å². The summed E-state index contributed by atoms with van der Waals surface area (Å²) in [6.07, 6.45) is 6.90. The van der Waals surface area contributed by atoms with E-state index < -0.39 is 5.60 Å². The van der Waals surface area contributed by atoms with E-state index in [1.54, 1.807) is 0 Å². The normalized spacial score (nSPS) is 23.1. The fourth-order valence-corrected chi connectivity index (χ4v) is 1.80. The number of esters is 1. The average molecular weight is 234 g/mol. The Bertz CT molecular complexity index is 414. The number of ether oxygens (including phenoxy) is 1. The van der Waals surface area contributed by atoms with Crippen LogP contribution in [0.25, 0.3) is 0 Å². The molecule has 0 saturated heterocycles. The smallest absolute Gasteiger partial charge is 0.354 e. The number of hydrogen-bond donors (Lipinski definition) is 1. The highest BCUT2D eigenvalue weighted by Crippen LogP contribution is 2.18. The Hall–Kier alpha value is -1.58. The first-order valence-corrected chi connectivity index (χ1v) is 5.86.